The van der Waals surface area contributed by atoms with Crippen molar-refractivity contribution in [1.82, 2.24) is 20.9 Å². The molecule has 0 aliphatic carbocycles. The van der Waals surface area contributed by atoms with E-state index in [0.717, 1.165) is 48.3 Å². The van der Waals surface area contributed by atoms with Crippen LogP contribution in [0.25, 0.3) is 0 Å². The van der Waals surface area contributed by atoms with Crippen LogP contribution in [0, 0.1) is 12.3 Å². The van der Waals surface area contributed by atoms with E-state index < -0.39 is 53.5 Å². The molecule has 298 valence electrons. The maximum atomic E-state index is 13.3. The number of piperidine rings is 1. The Bertz CT molecular complexity index is 2040. The summed E-state index contributed by atoms with van der Waals surface area (Å²) in [6.45, 7) is 2.46. The Morgan fingerprint density at radius 1 is 0.930 bits per heavy atom. The lowest BCUT2D eigenvalue weighted by molar-refractivity contribution is -0.143. The number of carbonyl (C=O) groups excluding carboxylic acids is 8. The highest BCUT2D eigenvalue weighted by Crippen LogP contribution is 2.33. The van der Waals surface area contributed by atoms with Gasteiger partial charge in [0.05, 0.1) is 17.7 Å². The Hall–Kier alpha value is -6.34. The summed E-state index contributed by atoms with van der Waals surface area (Å²) in [5.74, 6) is -2.41. The second-order valence-electron chi connectivity index (χ2n) is 13.3. The van der Waals surface area contributed by atoms with Crippen molar-refractivity contribution in [1.29, 1.82) is 0 Å². The highest BCUT2D eigenvalue weighted by atomic mass is 32.1. The number of benzene rings is 2. The summed E-state index contributed by atoms with van der Waals surface area (Å²) in [5.41, 5.74) is 1.65. The zero-order valence-corrected chi connectivity index (χ0v) is 32.3. The number of nitrogens with one attached hydrogen (secondary N) is 4. The minimum Gasteiger partial charge on any atom is -0.465 e. The molecule has 3 heterocycles. The molecular formula is C41H44N6O9S. The average molecular weight is 797 g/mol. The van der Waals surface area contributed by atoms with E-state index in [1.54, 1.807) is 54.8 Å². The van der Waals surface area contributed by atoms with Crippen LogP contribution in [0.4, 0.5) is 11.4 Å². The summed E-state index contributed by atoms with van der Waals surface area (Å²) >= 11 is 1.24. The van der Waals surface area contributed by atoms with Crippen molar-refractivity contribution in [3.63, 3.8) is 0 Å². The highest BCUT2D eigenvalue weighted by molar-refractivity contribution is 7.10. The number of anilines is 2. The number of nitrogens with zero attached hydrogens (tertiary/aromatic N) is 2. The van der Waals surface area contributed by atoms with Crippen molar-refractivity contribution in [2.45, 2.75) is 70.4 Å². The first-order chi connectivity index (χ1) is 27.5. The molecule has 16 heteroatoms. The zero-order valence-electron chi connectivity index (χ0n) is 31.5. The first kappa shape index (κ1) is 41.8. The van der Waals surface area contributed by atoms with Gasteiger partial charge in [0.15, 0.2) is 6.04 Å². The Kier molecular flexibility index (Phi) is 14.7. The summed E-state index contributed by atoms with van der Waals surface area (Å²) in [6, 6.07) is 12.4. The second kappa shape index (κ2) is 20.0. The van der Waals surface area contributed by atoms with Gasteiger partial charge in [0.1, 0.15) is 12.6 Å². The number of fused-ring (bicyclic) bond motifs is 1. The maximum Gasteiger partial charge on any atom is 0.325 e. The molecule has 1 aromatic heterocycles. The summed E-state index contributed by atoms with van der Waals surface area (Å²) in [4.78, 5) is 104. The van der Waals surface area contributed by atoms with Gasteiger partial charge >= 0.3 is 11.9 Å². The lowest BCUT2D eigenvalue weighted by atomic mass is 10.0. The fourth-order valence-electron chi connectivity index (χ4n) is 6.66. The van der Waals surface area contributed by atoms with Gasteiger partial charge < -0.3 is 20.7 Å². The molecule has 57 heavy (non-hydrogen) atoms. The SMILES string of the molecule is C#CC(=O)N(c1ccc(C(=O)NCCCCCCCCNc2cccc3c2C(=O)N(C2CCC(=O)NC2=O)C3=O)cc1)C(C(=O)NCC(=O)OCC)c1cccs1. The molecule has 15 nitrogen and oxygen atoms in total. The molecule has 2 unspecified atom stereocenters. The van der Waals surface area contributed by atoms with Crippen molar-refractivity contribution in [3.8, 4) is 12.3 Å². The van der Waals surface area contributed by atoms with E-state index in [2.05, 4.69) is 27.2 Å². The summed E-state index contributed by atoms with van der Waals surface area (Å²) in [6.07, 6.45) is 11.0. The molecule has 0 bridgehead atoms. The molecule has 2 aliphatic heterocycles. The first-order valence-corrected chi connectivity index (χ1v) is 19.7. The average Bonchev–Trinajstić information content (AvgIpc) is 3.83. The number of hydrogen-bond donors (Lipinski definition) is 4. The van der Waals surface area contributed by atoms with Gasteiger partial charge in [-0.2, -0.15) is 0 Å². The van der Waals surface area contributed by atoms with Crippen LogP contribution < -0.4 is 26.2 Å². The molecular weight excluding hydrogens is 753 g/mol. The van der Waals surface area contributed by atoms with Crippen molar-refractivity contribution in [3.05, 3.63) is 81.5 Å². The molecule has 5 rings (SSSR count). The number of ether oxygens (including phenoxy) is 1. The van der Waals surface area contributed by atoms with E-state index in [1.165, 1.54) is 23.5 Å². The maximum absolute atomic E-state index is 13.3. The Morgan fingerprint density at radius 3 is 2.32 bits per heavy atom. The van der Waals surface area contributed by atoms with Gasteiger partial charge in [-0.1, -0.05) is 37.8 Å². The van der Waals surface area contributed by atoms with Crippen molar-refractivity contribution < 1.29 is 43.1 Å². The van der Waals surface area contributed by atoms with E-state index >= 15 is 0 Å². The third kappa shape index (κ3) is 10.3. The summed E-state index contributed by atoms with van der Waals surface area (Å²) in [5, 5.41) is 12.6. The van der Waals surface area contributed by atoms with Gasteiger partial charge in [0, 0.05) is 41.3 Å². The molecule has 2 aromatic carbocycles. The van der Waals surface area contributed by atoms with Crippen molar-refractivity contribution in [2.24, 2.45) is 0 Å². The molecule has 0 radical (unpaired) electrons. The van der Waals surface area contributed by atoms with Crippen LogP contribution in [-0.4, -0.2) is 84.5 Å². The fourth-order valence-corrected chi connectivity index (χ4v) is 7.47. The minimum atomic E-state index is -1.17. The summed E-state index contributed by atoms with van der Waals surface area (Å²) < 4.78 is 4.89. The molecule has 1 fully saturated rings. The van der Waals surface area contributed by atoms with Gasteiger partial charge in [0.25, 0.3) is 17.7 Å². The Balaban J connectivity index is 1.03. The smallest absolute Gasteiger partial charge is 0.325 e. The Labute approximate surface area is 333 Å². The van der Waals surface area contributed by atoms with Crippen molar-refractivity contribution >= 4 is 70.0 Å². The van der Waals surface area contributed by atoms with E-state index in [4.69, 9.17) is 11.2 Å². The molecule has 0 spiro atoms. The third-order valence-corrected chi connectivity index (χ3v) is 10.4. The molecule has 7 amide bonds. The number of imide groups is 2. The van der Waals surface area contributed by atoms with Gasteiger partial charge in [-0.3, -0.25) is 53.5 Å². The van der Waals surface area contributed by atoms with E-state index in [-0.39, 0.29) is 43.0 Å². The number of rotatable bonds is 19. The highest BCUT2D eigenvalue weighted by Gasteiger charge is 2.45. The van der Waals surface area contributed by atoms with Crippen LogP contribution >= 0.6 is 11.3 Å². The number of thiophene rings is 1. The van der Waals surface area contributed by atoms with Crippen LogP contribution in [0.3, 0.4) is 0 Å². The van der Waals surface area contributed by atoms with E-state index in [1.807, 2.05) is 0 Å². The molecule has 2 atom stereocenters. The lowest BCUT2D eigenvalue weighted by Crippen LogP contribution is -2.54. The third-order valence-electron chi connectivity index (χ3n) is 9.45. The number of carbonyl (C=O) groups is 8. The number of hydrogen-bond acceptors (Lipinski definition) is 11. The van der Waals surface area contributed by atoms with Gasteiger partial charge in [-0.25, -0.2) is 0 Å². The fraction of sp³-hybridized carbons (Fsp3) is 0.366. The predicted octanol–water partition coefficient (Wildman–Crippen LogP) is 3.72. The minimum absolute atomic E-state index is 0.0577. The quantitative estimate of drug-likeness (QED) is 0.0600. The molecule has 1 saturated heterocycles. The molecule has 3 aromatic rings. The normalized spacial score (nSPS) is 15.2. The number of terminal acetylenes is 1. The van der Waals surface area contributed by atoms with Gasteiger partial charge in [0.2, 0.25) is 17.7 Å². The summed E-state index contributed by atoms with van der Waals surface area (Å²) in [7, 11) is 0. The largest absolute Gasteiger partial charge is 0.465 e. The lowest BCUT2D eigenvalue weighted by Gasteiger charge is -2.29. The van der Waals surface area contributed by atoms with Gasteiger partial charge in [-0.15, -0.1) is 17.8 Å². The monoisotopic (exact) mass is 796 g/mol. The molecule has 2 aliphatic rings. The number of esters is 1. The Morgan fingerprint density at radius 2 is 1.65 bits per heavy atom. The topological polar surface area (TPSA) is 200 Å². The van der Waals surface area contributed by atoms with E-state index in [0.29, 0.717) is 34.9 Å². The van der Waals surface area contributed by atoms with Gasteiger partial charge in [-0.05, 0) is 80.0 Å². The van der Waals surface area contributed by atoms with Crippen LogP contribution in [0.2, 0.25) is 0 Å². The molecule has 4 N–H and O–H groups in total. The zero-order chi connectivity index (χ0) is 40.9. The second-order valence-corrected chi connectivity index (χ2v) is 14.3. The molecule has 0 saturated carbocycles. The van der Waals surface area contributed by atoms with Crippen LogP contribution in [-0.2, 0) is 28.7 Å². The number of amides is 7. The van der Waals surface area contributed by atoms with Crippen LogP contribution in [0.15, 0.2) is 60.0 Å². The first-order valence-electron chi connectivity index (χ1n) is 18.8. The van der Waals surface area contributed by atoms with Crippen LogP contribution in [0.5, 0.6) is 0 Å². The van der Waals surface area contributed by atoms with E-state index in [9.17, 15) is 38.4 Å². The number of unbranched alkanes of at least 4 members (excludes halogenated alkanes) is 5. The predicted molar refractivity (Wildman–Crippen MR) is 211 cm³/mol. The standard InChI is InChI=1S/C41H44N6O9S/c1-3-33(49)46(36(31-15-12-24-57-31)39(53)44-25-34(50)56-4-2)27-18-16-26(17-19-27)37(51)43-23-10-8-6-5-7-9-22-42-29-14-11-13-28-35(29)41(55)47(40(28)54)30-20-21-32(48)45-38(30)52/h1,11-19,24,30,36,42H,4-10,20-23,25H2,2H3,(H,43,51)(H,44,53)(H,45,48,52). The van der Waals surface area contributed by atoms with Crippen LogP contribution in [0.1, 0.15) is 100 Å². The van der Waals surface area contributed by atoms with Crippen molar-refractivity contribution in [2.75, 3.05) is 36.5 Å².